The van der Waals surface area contributed by atoms with Gasteiger partial charge in [-0.2, -0.15) is 4.98 Å². The molecule has 1 fully saturated rings. The van der Waals surface area contributed by atoms with Crippen LogP contribution in [-0.2, 0) is 12.8 Å². The van der Waals surface area contributed by atoms with Crippen LogP contribution < -0.4 is 5.32 Å². The van der Waals surface area contributed by atoms with Gasteiger partial charge in [0.15, 0.2) is 5.82 Å². The largest absolute Gasteiger partial charge is 0.339 e. The first-order chi connectivity index (χ1) is 10.3. The Hall–Kier alpha value is -1.46. The van der Waals surface area contributed by atoms with Crippen LogP contribution in [-0.4, -0.2) is 23.2 Å². The highest BCUT2D eigenvalue weighted by molar-refractivity contribution is 5.85. The molecule has 120 valence electrons. The Bertz CT molecular complexity index is 584. The number of hydrogen-bond acceptors (Lipinski definition) is 4. The van der Waals surface area contributed by atoms with Crippen molar-refractivity contribution >= 4 is 12.4 Å². The van der Waals surface area contributed by atoms with Crippen LogP contribution in [0.25, 0.3) is 0 Å². The summed E-state index contributed by atoms with van der Waals surface area (Å²) < 4.78 is 18.4. The van der Waals surface area contributed by atoms with Gasteiger partial charge in [-0.3, -0.25) is 0 Å². The number of hydrogen-bond donors (Lipinski definition) is 1. The molecule has 1 aromatic heterocycles. The second-order valence-electron chi connectivity index (χ2n) is 5.64. The molecule has 0 saturated carbocycles. The van der Waals surface area contributed by atoms with Crippen LogP contribution in [0.1, 0.15) is 36.5 Å². The number of benzene rings is 1. The number of rotatable bonds is 5. The molecule has 3 rings (SSSR count). The zero-order chi connectivity index (χ0) is 14.5. The van der Waals surface area contributed by atoms with E-state index in [1.807, 2.05) is 6.07 Å². The molecule has 1 aliphatic heterocycles. The normalized spacial score (nSPS) is 15.5. The summed E-state index contributed by atoms with van der Waals surface area (Å²) in [5, 5.41) is 7.35. The standard InChI is InChI=1S/C16H20FN3O.ClH/c17-14-3-1-2-13(10-14)11-15-19-16(21-20-15)5-4-12-6-8-18-9-7-12;/h1-3,10,12,18H,4-9,11H2;1H. The Morgan fingerprint density at radius 1 is 1.27 bits per heavy atom. The highest BCUT2D eigenvalue weighted by atomic mass is 35.5. The van der Waals surface area contributed by atoms with Gasteiger partial charge in [0.25, 0.3) is 0 Å². The van der Waals surface area contributed by atoms with Crippen LogP contribution in [0.2, 0.25) is 0 Å². The van der Waals surface area contributed by atoms with E-state index in [2.05, 4.69) is 15.5 Å². The molecule has 1 aliphatic rings. The highest BCUT2D eigenvalue weighted by Gasteiger charge is 2.15. The monoisotopic (exact) mass is 325 g/mol. The Labute approximate surface area is 135 Å². The van der Waals surface area contributed by atoms with Crippen LogP contribution >= 0.6 is 12.4 Å². The maximum absolute atomic E-state index is 13.1. The van der Waals surface area contributed by atoms with Crippen molar-refractivity contribution in [1.29, 1.82) is 0 Å². The summed E-state index contributed by atoms with van der Waals surface area (Å²) in [6.45, 7) is 2.22. The molecule has 1 aromatic carbocycles. The molecule has 0 bridgehead atoms. The minimum Gasteiger partial charge on any atom is -0.339 e. The Kier molecular flexibility index (Phi) is 6.34. The molecule has 6 heteroatoms. The quantitative estimate of drug-likeness (QED) is 0.917. The molecule has 2 aromatic rings. The molecule has 0 spiro atoms. The fourth-order valence-electron chi connectivity index (χ4n) is 2.79. The fraction of sp³-hybridized carbons (Fsp3) is 0.500. The van der Waals surface area contributed by atoms with E-state index < -0.39 is 0 Å². The number of piperidine rings is 1. The summed E-state index contributed by atoms with van der Waals surface area (Å²) in [6, 6.07) is 6.51. The molecular weight excluding hydrogens is 305 g/mol. The molecule has 1 N–H and O–H groups in total. The maximum atomic E-state index is 13.1. The zero-order valence-electron chi connectivity index (χ0n) is 12.4. The van der Waals surface area contributed by atoms with Crippen molar-refractivity contribution < 1.29 is 8.91 Å². The molecule has 0 unspecified atom stereocenters. The van der Waals surface area contributed by atoms with E-state index in [9.17, 15) is 4.39 Å². The van der Waals surface area contributed by atoms with Gasteiger partial charge in [-0.25, -0.2) is 4.39 Å². The van der Waals surface area contributed by atoms with Crippen molar-refractivity contribution in [1.82, 2.24) is 15.5 Å². The summed E-state index contributed by atoms with van der Waals surface area (Å²) in [5.41, 5.74) is 0.862. The summed E-state index contributed by atoms with van der Waals surface area (Å²) in [7, 11) is 0. The van der Waals surface area contributed by atoms with Gasteiger partial charge >= 0.3 is 0 Å². The third-order valence-corrected chi connectivity index (χ3v) is 3.99. The van der Waals surface area contributed by atoms with Crippen LogP contribution in [0.3, 0.4) is 0 Å². The average Bonchev–Trinajstić information content (AvgIpc) is 2.94. The summed E-state index contributed by atoms with van der Waals surface area (Å²) in [4.78, 5) is 4.40. The van der Waals surface area contributed by atoms with Gasteiger partial charge in [0.1, 0.15) is 5.82 Å². The highest BCUT2D eigenvalue weighted by Crippen LogP contribution is 2.18. The van der Waals surface area contributed by atoms with Crippen LogP contribution in [0.15, 0.2) is 28.8 Å². The van der Waals surface area contributed by atoms with Gasteiger partial charge < -0.3 is 9.84 Å². The summed E-state index contributed by atoms with van der Waals surface area (Å²) >= 11 is 0. The van der Waals surface area contributed by atoms with E-state index in [0.717, 1.165) is 37.4 Å². The average molecular weight is 326 g/mol. The number of nitrogens with one attached hydrogen (secondary N) is 1. The maximum Gasteiger partial charge on any atom is 0.226 e. The minimum absolute atomic E-state index is 0. The number of aryl methyl sites for hydroxylation is 1. The van der Waals surface area contributed by atoms with E-state index in [1.54, 1.807) is 6.07 Å². The molecule has 22 heavy (non-hydrogen) atoms. The molecule has 2 heterocycles. The topological polar surface area (TPSA) is 51.0 Å². The Morgan fingerprint density at radius 3 is 2.86 bits per heavy atom. The fourth-order valence-corrected chi connectivity index (χ4v) is 2.79. The molecule has 0 radical (unpaired) electrons. The first-order valence-electron chi connectivity index (χ1n) is 7.56. The second kappa shape index (κ2) is 8.25. The molecule has 4 nitrogen and oxygen atoms in total. The van der Waals surface area contributed by atoms with Crippen molar-refractivity contribution in [2.45, 2.75) is 32.1 Å². The van der Waals surface area contributed by atoms with Crippen molar-refractivity contribution in [3.8, 4) is 0 Å². The molecule has 1 saturated heterocycles. The molecule has 0 amide bonds. The molecule has 0 aliphatic carbocycles. The van der Waals surface area contributed by atoms with Crippen molar-refractivity contribution in [3.05, 3.63) is 47.4 Å². The molecule has 0 atom stereocenters. The van der Waals surface area contributed by atoms with Crippen LogP contribution in [0.4, 0.5) is 4.39 Å². The van der Waals surface area contributed by atoms with Gasteiger partial charge in [0.2, 0.25) is 5.89 Å². The smallest absolute Gasteiger partial charge is 0.226 e. The second-order valence-corrected chi connectivity index (χ2v) is 5.64. The van der Waals surface area contributed by atoms with Gasteiger partial charge in [0.05, 0.1) is 0 Å². The van der Waals surface area contributed by atoms with Gasteiger partial charge in [-0.05, 0) is 56.0 Å². The van der Waals surface area contributed by atoms with E-state index in [1.165, 1.54) is 25.0 Å². The third kappa shape index (κ3) is 4.78. The summed E-state index contributed by atoms with van der Waals surface area (Å²) in [6.07, 6.45) is 4.90. The number of nitrogens with zero attached hydrogens (tertiary/aromatic N) is 2. The van der Waals surface area contributed by atoms with E-state index in [-0.39, 0.29) is 18.2 Å². The lowest BCUT2D eigenvalue weighted by Crippen LogP contribution is -2.27. The SMILES string of the molecule is Cl.Fc1cccc(Cc2noc(CCC3CCNCC3)n2)c1. The Morgan fingerprint density at radius 2 is 2.09 bits per heavy atom. The van der Waals surface area contributed by atoms with Crippen molar-refractivity contribution in [2.24, 2.45) is 5.92 Å². The van der Waals surface area contributed by atoms with E-state index in [0.29, 0.717) is 18.1 Å². The van der Waals surface area contributed by atoms with Gasteiger partial charge in [-0.15, -0.1) is 12.4 Å². The third-order valence-electron chi connectivity index (χ3n) is 3.99. The predicted octanol–water partition coefficient (Wildman–Crippen LogP) is 3.15. The first-order valence-corrected chi connectivity index (χ1v) is 7.56. The van der Waals surface area contributed by atoms with Gasteiger partial charge in [0, 0.05) is 12.8 Å². The lowest BCUT2D eigenvalue weighted by Gasteiger charge is -2.21. The lowest BCUT2D eigenvalue weighted by molar-refractivity contribution is 0.323. The zero-order valence-corrected chi connectivity index (χ0v) is 13.2. The minimum atomic E-state index is -0.234. The van der Waals surface area contributed by atoms with Crippen LogP contribution in [0.5, 0.6) is 0 Å². The van der Waals surface area contributed by atoms with Gasteiger partial charge in [-0.1, -0.05) is 17.3 Å². The predicted molar refractivity (Wildman–Crippen MR) is 84.7 cm³/mol. The van der Waals surface area contributed by atoms with Crippen molar-refractivity contribution in [3.63, 3.8) is 0 Å². The lowest BCUT2D eigenvalue weighted by atomic mass is 9.93. The number of halogens is 2. The Balaban J connectivity index is 0.00000176. The summed E-state index contributed by atoms with van der Waals surface area (Å²) in [5.74, 6) is 1.84. The van der Waals surface area contributed by atoms with Crippen molar-refractivity contribution in [2.75, 3.05) is 13.1 Å². The van der Waals surface area contributed by atoms with E-state index >= 15 is 0 Å². The first kappa shape index (κ1) is 16.9. The van der Waals surface area contributed by atoms with E-state index in [4.69, 9.17) is 4.52 Å². The number of aromatic nitrogens is 2. The molecular formula is C16H21ClFN3O. The van der Waals surface area contributed by atoms with Crippen LogP contribution in [0, 0.1) is 11.7 Å².